The van der Waals surface area contributed by atoms with Crippen LogP contribution in [0.4, 0.5) is 0 Å². The third-order valence-electron chi connectivity index (χ3n) is 10.6. The Morgan fingerprint density at radius 3 is 1.57 bits per heavy atom. The summed E-state index contributed by atoms with van der Waals surface area (Å²) in [6.07, 6.45) is 0. The van der Waals surface area contributed by atoms with Crippen molar-refractivity contribution in [1.29, 1.82) is 0 Å². The molecule has 0 radical (unpaired) electrons. The van der Waals surface area contributed by atoms with Crippen LogP contribution in [0.1, 0.15) is 0 Å². The number of nitrogens with zero attached hydrogens (tertiary/aromatic N) is 1. The van der Waals surface area contributed by atoms with Gasteiger partial charge in [-0.1, -0.05) is 164 Å². The fraction of sp³-hybridized carbons (Fsp3) is 0. The van der Waals surface area contributed by atoms with E-state index in [0.717, 1.165) is 0 Å². The van der Waals surface area contributed by atoms with E-state index in [2.05, 4.69) is 205 Å². The fourth-order valence-corrected chi connectivity index (χ4v) is 14.1. The van der Waals surface area contributed by atoms with Crippen LogP contribution in [0.3, 0.4) is 0 Å². The van der Waals surface area contributed by atoms with Gasteiger partial charge in [-0.2, -0.15) is 0 Å². The first kappa shape index (κ1) is 29.9. The van der Waals surface area contributed by atoms with E-state index in [0.29, 0.717) is 0 Å². The Bertz CT molecular complexity index is 2800. The van der Waals surface area contributed by atoms with Gasteiger partial charge in [-0.25, -0.2) is 0 Å². The highest BCUT2D eigenvalue weighted by atomic mass is 32.1. The predicted molar refractivity (Wildman–Crippen MR) is 223 cm³/mol. The monoisotopic (exact) mass is 683 g/mol. The summed E-state index contributed by atoms with van der Waals surface area (Å²) < 4.78 is 5.11. The summed E-state index contributed by atoms with van der Waals surface area (Å²) in [7, 11) is -2.79. The number of fused-ring (bicyclic) bond motifs is 6. The Kier molecular flexibility index (Phi) is 7.09. The third-order valence-corrected chi connectivity index (χ3v) is 16.5. The van der Waals surface area contributed by atoms with Crippen molar-refractivity contribution in [2.24, 2.45) is 0 Å². The van der Waals surface area contributed by atoms with Gasteiger partial charge in [0.05, 0.1) is 11.0 Å². The van der Waals surface area contributed by atoms with Crippen LogP contribution in [0.2, 0.25) is 0 Å². The third kappa shape index (κ3) is 4.74. The molecule has 8 aromatic carbocycles. The summed E-state index contributed by atoms with van der Waals surface area (Å²) >= 11 is 1.88. The predicted octanol–water partition coefficient (Wildman–Crippen LogP) is 10.2. The lowest BCUT2D eigenvalue weighted by Crippen LogP contribution is -2.74. The first-order valence-electron chi connectivity index (χ1n) is 17.5. The molecule has 0 N–H and O–H groups in total. The quantitative estimate of drug-likeness (QED) is 0.121. The molecule has 0 saturated carbocycles. The molecule has 3 heteroatoms. The second kappa shape index (κ2) is 12.1. The lowest BCUT2D eigenvalue weighted by molar-refractivity contribution is 1.18. The van der Waals surface area contributed by atoms with Crippen LogP contribution in [0.25, 0.3) is 58.8 Å². The van der Waals surface area contributed by atoms with Crippen molar-refractivity contribution in [2.75, 3.05) is 0 Å². The second-order valence-corrected chi connectivity index (χ2v) is 18.2. The normalized spacial score (nSPS) is 11.9. The van der Waals surface area contributed by atoms with E-state index < -0.39 is 8.07 Å². The molecule has 0 atom stereocenters. The Labute approximate surface area is 302 Å². The van der Waals surface area contributed by atoms with Gasteiger partial charge in [-0.3, -0.25) is 0 Å². The number of hydrogen-bond acceptors (Lipinski definition) is 1. The molecular formula is C48H33NSSi. The Balaban J connectivity index is 1.21. The van der Waals surface area contributed by atoms with Crippen LogP contribution < -0.4 is 20.7 Å². The van der Waals surface area contributed by atoms with Crippen LogP contribution in [-0.2, 0) is 0 Å². The molecule has 0 saturated heterocycles. The fourth-order valence-electron chi connectivity index (χ4n) is 8.25. The minimum Gasteiger partial charge on any atom is -0.309 e. The molecule has 1 nitrogen and oxygen atoms in total. The zero-order chi connectivity index (χ0) is 33.8. The van der Waals surface area contributed by atoms with Crippen molar-refractivity contribution in [2.45, 2.75) is 0 Å². The maximum atomic E-state index is 2.50. The van der Waals surface area contributed by atoms with Crippen molar-refractivity contribution in [1.82, 2.24) is 4.57 Å². The standard InChI is InChI=1S/C48H33NSSi/c1-4-14-36(15-5-1)49-45-22-12-10-20-41(45)42-31-29-40(33-46(42)49)51(37-16-6-2-7-17-37,38-18-8-3-9-19-38)39-27-24-34(25-28-39)35-26-30-44-43-21-11-13-23-47(43)50-48(44)32-35/h1-33H. The van der Waals surface area contributed by atoms with Gasteiger partial charge in [0.2, 0.25) is 0 Å². The minimum atomic E-state index is -2.79. The number of hydrogen-bond donors (Lipinski definition) is 0. The molecule has 0 aliphatic rings. The van der Waals surface area contributed by atoms with E-state index in [1.165, 1.54) is 79.5 Å². The van der Waals surface area contributed by atoms with Gasteiger partial charge in [0.1, 0.15) is 0 Å². The second-order valence-electron chi connectivity index (χ2n) is 13.3. The average Bonchev–Trinajstić information content (AvgIpc) is 3.75. The van der Waals surface area contributed by atoms with Gasteiger partial charge < -0.3 is 4.57 Å². The van der Waals surface area contributed by atoms with Crippen LogP contribution in [0, 0.1) is 0 Å². The zero-order valence-corrected chi connectivity index (χ0v) is 29.7. The van der Waals surface area contributed by atoms with Gasteiger partial charge in [0, 0.05) is 36.6 Å². The number of rotatable bonds is 6. The molecule has 0 amide bonds. The molecule has 0 fully saturated rings. The molecule has 10 rings (SSSR count). The Morgan fingerprint density at radius 2 is 0.843 bits per heavy atom. The maximum Gasteiger partial charge on any atom is 0.179 e. The first-order chi connectivity index (χ1) is 25.3. The van der Waals surface area contributed by atoms with E-state index in [-0.39, 0.29) is 0 Å². The molecule has 0 aliphatic carbocycles. The van der Waals surface area contributed by atoms with E-state index in [4.69, 9.17) is 0 Å². The summed E-state index contributed by atoms with van der Waals surface area (Å²) in [5.41, 5.74) is 6.12. The Hall–Kier alpha value is -6.00. The first-order valence-corrected chi connectivity index (χ1v) is 20.3. The molecule has 51 heavy (non-hydrogen) atoms. The smallest absolute Gasteiger partial charge is 0.179 e. The molecule has 0 unspecified atom stereocenters. The van der Waals surface area contributed by atoms with Crippen molar-refractivity contribution < 1.29 is 0 Å². The molecule has 10 aromatic rings. The topological polar surface area (TPSA) is 4.93 Å². The van der Waals surface area contributed by atoms with Crippen LogP contribution >= 0.6 is 11.3 Å². The average molecular weight is 684 g/mol. The largest absolute Gasteiger partial charge is 0.309 e. The van der Waals surface area contributed by atoms with E-state index in [1.54, 1.807) is 0 Å². The van der Waals surface area contributed by atoms with Crippen molar-refractivity contribution >= 4 is 82.1 Å². The van der Waals surface area contributed by atoms with Crippen molar-refractivity contribution in [3.05, 3.63) is 200 Å². The van der Waals surface area contributed by atoms with Gasteiger partial charge in [0.15, 0.2) is 8.07 Å². The molecule has 0 spiro atoms. The molecule has 240 valence electrons. The van der Waals surface area contributed by atoms with Crippen LogP contribution in [0.15, 0.2) is 200 Å². The van der Waals surface area contributed by atoms with Gasteiger partial charge in [-0.15, -0.1) is 11.3 Å². The van der Waals surface area contributed by atoms with E-state index in [9.17, 15) is 0 Å². The number of aromatic nitrogens is 1. The lowest BCUT2D eigenvalue weighted by Gasteiger charge is -2.34. The number of para-hydroxylation sites is 2. The summed E-state index contributed by atoms with van der Waals surface area (Å²) in [6.45, 7) is 0. The summed E-state index contributed by atoms with van der Waals surface area (Å²) in [5, 5.41) is 10.7. The highest BCUT2D eigenvalue weighted by Crippen LogP contribution is 2.36. The highest BCUT2D eigenvalue weighted by molar-refractivity contribution is 7.25. The summed E-state index contributed by atoms with van der Waals surface area (Å²) in [5.74, 6) is 0. The summed E-state index contributed by atoms with van der Waals surface area (Å²) in [4.78, 5) is 0. The van der Waals surface area contributed by atoms with E-state index >= 15 is 0 Å². The van der Waals surface area contributed by atoms with Crippen molar-refractivity contribution in [3.8, 4) is 16.8 Å². The lowest BCUT2D eigenvalue weighted by atomic mass is 10.0. The Morgan fingerprint density at radius 1 is 0.333 bits per heavy atom. The summed E-state index contributed by atoms with van der Waals surface area (Å²) in [6, 6.07) is 74.5. The maximum absolute atomic E-state index is 2.79. The van der Waals surface area contributed by atoms with Crippen LogP contribution in [0.5, 0.6) is 0 Å². The highest BCUT2D eigenvalue weighted by Gasteiger charge is 2.41. The van der Waals surface area contributed by atoms with Gasteiger partial charge >= 0.3 is 0 Å². The molecule has 2 aromatic heterocycles. The van der Waals surface area contributed by atoms with Gasteiger partial charge in [0.25, 0.3) is 0 Å². The molecule has 0 bridgehead atoms. The van der Waals surface area contributed by atoms with Gasteiger partial charge in [-0.05, 0) is 68.3 Å². The molecular weight excluding hydrogens is 651 g/mol. The molecule has 2 heterocycles. The minimum absolute atomic E-state index is 1.17. The van der Waals surface area contributed by atoms with Crippen molar-refractivity contribution in [3.63, 3.8) is 0 Å². The molecule has 0 aliphatic heterocycles. The zero-order valence-electron chi connectivity index (χ0n) is 27.9. The number of benzene rings is 8. The SMILES string of the molecule is c1ccc(-n2c3ccccc3c3ccc([Si](c4ccccc4)(c4ccccc4)c4ccc(-c5ccc6c(c5)sc5ccccc56)cc4)cc32)cc1. The number of thiophene rings is 1. The van der Waals surface area contributed by atoms with Crippen LogP contribution in [-0.4, -0.2) is 12.6 Å². The van der Waals surface area contributed by atoms with E-state index in [1.807, 2.05) is 11.3 Å².